The highest BCUT2D eigenvalue weighted by molar-refractivity contribution is 6.99. The van der Waals surface area contributed by atoms with E-state index in [1.807, 2.05) is 0 Å². The van der Waals surface area contributed by atoms with Crippen molar-refractivity contribution in [3.8, 4) is 46.0 Å². The Balaban J connectivity index is 0.000000144. The van der Waals surface area contributed by atoms with Crippen LogP contribution in [0, 0.1) is 83.1 Å². The van der Waals surface area contributed by atoms with E-state index in [9.17, 15) is 0 Å². The van der Waals surface area contributed by atoms with Gasteiger partial charge in [0, 0.05) is 10.9 Å². The third-order valence-corrected chi connectivity index (χ3v) is 12.5. The van der Waals surface area contributed by atoms with Gasteiger partial charge in [-0.15, -0.1) is 0 Å². The number of ether oxygens (including phenoxy) is 4. The van der Waals surface area contributed by atoms with Crippen LogP contribution in [0.5, 0.6) is 46.0 Å². The summed E-state index contributed by atoms with van der Waals surface area (Å²) in [5.74, 6) is 7.81. The standard InChI is InChI=1S/C26H27BO2.C22H19BO2/c1-12-10-20-25(18(7)16(12)5)28-23-14(3)9-15(4)24-22(23)27(20)21-11-13(2)17(6)19(8)26(21)29-24;1-12-5-7-16-18(9-12)24-21-14(3)11-15(4)22-20(21)23(16)17-8-6-13(2)10-19(17)25-22/h9-11H,1-8H3;5-11H,1-4H3. The lowest BCUT2D eigenvalue weighted by Crippen LogP contribution is -2.58. The quantitative estimate of drug-likeness (QED) is 0.148. The summed E-state index contributed by atoms with van der Waals surface area (Å²) in [6.45, 7) is 26.2. The van der Waals surface area contributed by atoms with Crippen LogP contribution in [0.4, 0.5) is 0 Å². The van der Waals surface area contributed by atoms with E-state index in [0.717, 1.165) is 57.1 Å². The molecular formula is C48H46B2O4. The number of hydrogen-bond acceptors (Lipinski definition) is 4. The summed E-state index contributed by atoms with van der Waals surface area (Å²) in [4.78, 5) is 0. The fraction of sp³-hybridized carbons (Fsp3) is 0.250. The molecule has 0 spiro atoms. The van der Waals surface area contributed by atoms with Crippen molar-refractivity contribution in [3.05, 3.63) is 127 Å². The van der Waals surface area contributed by atoms with Gasteiger partial charge in [0.1, 0.15) is 46.0 Å². The van der Waals surface area contributed by atoms with Gasteiger partial charge in [-0.3, -0.25) is 0 Å². The van der Waals surface area contributed by atoms with E-state index in [1.54, 1.807) is 0 Å². The zero-order valence-electron chi connectivity index (χ0n) is 33.6. The lowest BCUT2D eigenvalue weighted by molar-refractivity contribution is 0.455. The van der Waals surface area contributed by atoms with Crippen molar-refractivity contribution in [2.75, 3.05) is 0 Å². The van der Waals surface area contributed by atoms with E-state index in [4.69, 9.17) is 18.9 Å². The van der Waals surface area contributed by atoms with Gasteiger partial charge in [-0.2, -0.15) is 0 Å². The number of rotatable bonds is 0. The van der Waals surface area contributed by atoms with E-state index in [-0.39, 0.29) is 13.4 Å². The highest BCUT2D eigenvalue weighted by Gasteiger charge is 2.44. The van der Waals surface area contributed by atoms with Crippen LogP contribution in [0.2, 0.25) is 0 Å². The predicted molar refractivity (Wildman–Crippen MR) is 225 cm³/mol. The second kappa shape index (κ2) is 12.1. The first-order chi connectivity index (χ1) is 25.7. The molecule has 0 unspecified atom stereocenters. The van der Waals surface area contributed by atoms with Crippen molar-refractivity contribution in [2.24, 2.45) is 0 Å². The van der Waals surface area contributed by atoms with E-state index < -0.39 is 0 Å². The summed E-state index contributed by atoms with van der Waals surface area (Å²) >= 11 is 0. The molecule has 4 nitrogen and oxygen atoms in total. The Labute approximate surface area is 320 Å². The number of fused-ring (bicyclic) bond motifs is 8. The lowest BCUT2D eigenvalue weighted by Gasteiger charge is -2.36. The Morgan fingerprint density at radius 2 is 0.667 bits per heavy atom. The number of hydrogen-bond donors (Lipinski definition) is 0. The fourth-order valence-electron chi connectivity index (χ4n) is 9.23. The molecule has 4 aliphatic heterocycles. The summed E-state index contributed by atoms with van der Waals surface area (Å²) in [7, 11) is 0. The maximum absolute atomic E-state index is 6.60. The van der Waals surface area contributed by atoms with Crippen molar-refractivity contribution in [2.45, 2.75) is 83.1 Å². The molecule has 0 saturated heterocycles. The van der Waals surface area contributed by atoms with Gasteiger partial charge in [0.05, 0.1) is 0 Å². The minimum Gasteiger partial charge on any atom is -0.458 e. The van der Waals surface area contributed by atoms with E-state index in [2.05, 4.69) is 144 Å². The first-order valence-corrected chi connectivity index (χ1v) is 19.2. The summed E-state index contributed by atoms with van der Waals surface area (Å²) < 4.78 is 25.9. The number of aryl methyl sites for hydroxylation is 8. The minimum atomic E-state index is 0.141. The Bertz CT molecular complexity index is 2480. The Hall–Kier alpha value is -5.35. The first-order valence-electron chi connectivity index (χ1n) is 19.2. The van der Waals surface area contributed by atoms with Crippen LogP contribution in [-0.4, -0.2) is 13.4 Å². The molecule has 0 aromatic heterocycles. The predicted octanol–water partition coefficient (Wildman–Crippen LogP) is 8.53. The van der Waals surface area contributed by atoms with Gasteiger partial charge in [0.15, 0.2) is 0 Å². The fourth-order valence-corrected chi connectivity index (χ4v) is 9.23. The van der Waals surface area contributed by atoms with Crippen LogP contribution >= 0.6 is 0 Å². The highest BCUT2D eigenvalue weighted by Crippen LogP contribution is 2.42. The summed E-state index contributed by atoms with van der Waals surface area (Å²) in [6, 6.07) is 22.0. The largest absolute Gasteiger partial charge is 0.458 e. The molecule has 0 aliphatic carbocycles. The van der Waals surface area contributed by atoms with E-state index >= 15 is 0 Å². The average Bonchev–Trinajstić information content (AvgIpc) is 3.13. The second-order valence-corrected chi connectivity index (χ2v) is 16.2. The molecule has 0 N–H and O–H groups in total. The molecule has 0 saturated carbocycles. The van der Waals surface area contributed by atoms with Gasteiger partial charge in [-0.1, -0.05) is 36.4 Å². The topological polar surface area (TPSA) is 36.9 Å². The number of benzene rings is 6. The Morgan fingerprint density at radius 3 is 1.06 bits per heavy atom. The normalized spacial score (nSPS) is 13.3. The second-order valence-electron chi connectivity index (χ2n) is 16.2. The van der Waals surface area contributed by atoms with Crippen LogP contribution in [-0.2, 0) is 0 Å². The van der Waals surface area contributed by atoms with Crippen molar-refractivity contribution in [3.63, 3.8) is 0 Å². The molecule has 10 rings (SSSR count). The zero-order valence-corrected chi connectivity index (χ0v) is 33.6. The van der Waals surface area contributed by atoms with Crippen molar-refractivity contribution in [1.82, 2.24) is 0 Å². The van der Waals surface area contributed by atoms with Gasteiger partial charge in [0.25, 0.3) is 13.4 Å². The third kappa shape index (κ3) is 4.91. The molecular weight excluding hydrogens is 662 g/mol. The average molecular weight is 709 g/mol. The molecule has 4 aliphatic rings. The highest BCUT2D eigenvalue weighted by atomic mass is 16.5. The molecule has 6 aromatic carbocycles. The van der Waals surface area contributed by atoms with Gasteiger partial charge in [0.2, 0.25) is 0 Å². The molecule has 0 radical (unpaired) electrons. The molecule has 54 heavy (non-hydrogen) atoms. The van der Waals surface area contributed by atoms with Crippen LogP contribution in [0.25, 0.3) is 0 Å². The van der Waals surface area contributed by atoms with Gasteiger partial charge in [-0.05, 0) is 196 Å². The SMILES string of the molecule is Cc1cc2c(c(C)c1C)Oc1c(C)cc(C)c3c1B2c1cc(C)c(C)c(C)c1O3.Cc1ccc2c(c1)Oc1c(C)cc(C)c3c1B2c1ccc(C)cc1O3. The molecule has 6 heteroatoms. The Kier molecular flexibility index (Phi) is 7.70. The van der Waals surface area contributed by atoms with Crippen molar-refractivity contribution in [1.29, 1.82) is 0 Å². The van der Waals surface area contributed by atoms with Crippen LogP contribution in [0.1, 0.15) is 66.8 Å². The van der Waals surface area contributed by atoms with Gasteiger partial charge >= 0.3 is 0 Å². The minimum absolute atomic E-state index is 0.141. The maximum atomic E-state index is 6.60. The molecule has 6 aromatic rings. The van der Waals surface area contributed by atoms with Gasteiger partial charge < -0.3 is 18.9 Å². The van der Waals surface area contributed by atoms with Crippen molar-refractivity contribution >= 4 is 46.2 Å². The maximum Gasteiger partial charge on any atom is 0.260 e. The lowest BCUT2D eigenvalue weighted by atomic mass is 9.34. The molecule has 0 fully saturated rings. The summed E-state index contributed by atoms with van der Waals surface area (Å²) in [6.07, 6.45) is 0. The third-order valence-electron chi connectivity index (χ3n) is 12.5. The van der Waals surface area contributed by atoms with E-state index in [1.165, 1.54) is 88.4 Å². The van der Waals surface area contributed by atoms with Gasteiger partial charge in [-0.25, -0.2) is 0 Å². The summed E-state index contributed by atoms with van der Waals surface area (Å²) in [5, 5.41) is 0. The van der Waals surface area contributed by atoms with Crippen LogP contribution in [0.15, 0.2) is 60.7 Å². The smallest absolute Gasteiger partial charge is 0.260 e. The van der Waals surface area contributed by atoms with Crippen molar-refractivity contribution < 1.29 is 18.9 Å². The molecule has 0 bridgehead atoms. The molecule has 0 atom stereocenters. The van der Waals surface area contributed by atoms with Crippen LogP contribution in [0.3, 0.4) is 0 Å². The molecule has 4 heterocycles. The zero-order chi connectivity index (χ0) is 38.1. The first kappa shape index (κ1) is 34.4. The monoisotopic (exact) mass is 708 g/mol. The Morgan fingerprint density at radius 1 is 0.315 bits per heavy atom. The van der Waals surface area contributed by atoms with Crippen LogP contribution < -0.4 is 51.7 Å². The molecule has 268 valence electrons. The van der Waals surface area contributed by atoms with E-state index in [0.29, 0.717) is 0 Å². The summed E-state index contributed by atoms with van der Waals surface area (Å²) in [5.41, 5.74) is 22.1. The molecule has 0 amide bonds.